The number of aliphatic hydroxyl groups is 1. The van der Waals surface area contributed by atoms with E-state index < -0.39 is 5.97 Å². The Morgan fingerprint density at radius 1 is 1.53 bits per heavy atom. The molecule has 1 aliphatic heterocycles. The van der Waals surface area contributed by atoms with Gasteiger partial charge in [-0.1, -0.05) is 13.8 Å². The second kappa shape index (κ2) is 5.47. The van der Waals surface area contributed by atoms with Crippen molar-refractivity contribution in [1.29, 1.82) is 0 Å². The Hall–Kier alpha value is -0.610. The number of carboxylic acids is 1. The highest BCUT2D eigenvalue weighted by Gasteiger charge is 2.28. The Morgan fingerprint density at radius 2 is 2.20 bits per heavy atom. The molecule has 0 aromatic carbocycles. The zero-order valence-electron chi connectivity index (χ0n) is 9.52. The molecular weight excluding hydrogens is 194 g/mol. The third-order valence-electron chi connectivity index (χ3n) is 2.91. The van der Waals surface area contributed by atoms with E-state index >= 15 is 0 Å². The van der Waals surface area contributed by atoms with E-state index in [0.29, 0.717) is 25.4 Å². The normalized spacial score (nSPS) is 28.3. The molecule has 1 rings (SSSR count). The number of aliphatic carboxylic acids is 1. The summed E-state index contributed by atoms with van der Waals surface area (Å²) in [4.78, 5) is 12.5. The summed E-state index contributed by atoms with van der Waals surface area (Å²) in [5.74, 6) is 0.00205. The molecule has 0 spiro atoms. The number of carboxylic acid groups (broad SMARTS) is 1. The van der Waals surface area contributed by atoms with Gasteiger partial charge in [-0.25, -0.2) is 0 Å². The van der Waals surface area contributed by atoms with E-state index in [1.807, 2.05) is 4.90 Å². The van der Waals surface area contributed by atoms with Gasteiger partial charge in [-0.15, -0.1) is 0 Å². The Balaban J connectivity index is 2.44. The van der Waals surface area contributed by atoms with Crippen molar-refractivity contribution in [3.05, 3.63) is 0 Å². The third kappa shape index (κ3) is 4.18. The van der Waals surface area contributed by atoms with E-state index in [0.717, 1.165) is 6.42 Å². The van der Waals surface area contributed by atoms with Gasteiger partial charge in [-0.2, -0.15) is 0 Å². The summed E-state index contributed by atoms with van der Waals surface area (Å²) >= 11 is 0. The second-order valence-electron chi connectivity index (χ2n) is 4.87. The van der Waals surface area contributed by atoms with E-state index in [1.54, 1.807) is 0 Å². The van der Waals surface area contributed by atoms with Crippen molar-refractivity contribution >= 4 is 5.97 Å². The predicted molar refractivity (Wildman–Crippen MR) is 57.6 cm³/mol. The van der Waals surface area contributed by atoms with Crippen molar-refractivity contribution in [3.63, 3.8) is 0 Å². The average molecular weight is 215 g/mol. The Labute approximate surface area is 90.9 Å². The van der Waals surface area contributed by atoms with Gasteiger partial charge < -0.3 is 10.2 Å². The van der Waals surface area contributed by atoms with Crippen molar-refractivity contribution in [2.24, 2.45) is 11.8 Å². The van der Waals surface area contributed by atoms with Crippen LogP contribution in [0.4, 0.5) is 0 Å². The lowest BCUT2D eigenvalue weighted by molar-refractivity contribution is -0.139. The molecule has 0 aliphatic carbocycles. The van der Waals surface area contributed by atoms with Gasteiger partial charge in [0.2, 0.25) is 0 Å². The molecule has 4 heteroatoms. The molecule has 0 bridgehead atoms. The first-order chi connectivity index (χ1) is 6.99. The molecule has 1 aliphatic rings. The first-order valence-corrected chi connectivity index (χ1v) is 5.61. The molecule has 4 nitrogen and oxygen atoms in total. The summed E-state index contributed by atoms with van der Waals surface area (Å²) in [5.41, 5.74) is 0. The summed E-state index contributed by atoms with van der Waals surface area (Å²) in [6.45, 7) is 5.76. The topological polar surface area (TPSA) is 60.8 Å². The van der Waals surface area contributed by atoms with Crippen molar-refractivity contribution in [2.45, 2.75) is 32.8 Å². The lowest BCUT2D eigenvalue weighted by atomic mass is 9.87. The highest BCUT2D eigenvalue weighted by atomic mass is 16.4. The number of likely N-dealkylation sites (tertiary alicyclic amines) is 1. The van der Waals surface area contributed by atoms with Gasteiger partial charge in [0.25, 0.3) is 0 Å². The summed E-state index contributed by atoms with van der Waals surface area (Å²) in [7, 11) is 0. The van der Waals surface area contributed by atoms with Crippen molar-refractivity contribution in [1.82, 2.24) is 4.90 Å². The second-order valence-corrected chi connectivity index (χ2v) is 4.87. The average Bonchev–Trinajstić information content (AvgIpc) is 2.09. The molecule has 1 saturated heterocycles. The standard InChI is InChI=1S/C11H21NO3/c1-8(2)5-9-6-12(7-11(14)15)4-3-10(9)13/h8-10,13H,3-7H2,1-2H3,(H,14,15). The number of carbonyl (C=O) groups is 1. The molecule has 0 saturated carbocycles. The Kier molecular flexibility index (Phi) is 4.54. The van der Waals surface area contributed by atoms with Crippen LogP contribution >= 0.6 is 0 Å². The zero-order valence-corrected chi connectivity index (χ0v) is 9.52. The van der Waals surface area contributed by atoms with E-state index in [9.17, 15) is 9.90 Å². The van der Waals surface area contributed by atoms with Crippen LogP contribution < -0.4 is 0 Å². The fourth-order valence-electron chi connectivity index (χ4n) is 2.27. The molecular formula is C11H21NO3. The van der Waals surface area contributed by atoms with Crippen LogP contribution in [-0.4, -0.2) is 46.8 Å². The van der Waals surface area contributed by atoms with Crippen LogP contribution in [0.25, 0.3) is 0 Å². The number of rotatable bonds is 4. The predicted octanol–water partition coefficient (Wildman–Crippen LogP) is 0.800. The van der Waals surface area contributed by atoms with E-state index in [4.69, 9.17) is 5.11 Å². The summed E-state index contributed by atoms with van der Waals surface area (Å²) in [5, 5.41) is 18.5. The quantitative estimate of drug-likeness (QED) is 0.728. The zero-order chi connectivity index (χ0) is 11.4. The van der Waals surface area contributed by atoms with Crippen molar-refractivity contribution < 1.29 is 15.0 Å². The molecule has 88 valence electrons. The van der Waals surface area contributed by atoms with Crippen LogP contribution in [-0.2, 0) is 4.79 Å². The molecule has 2 unspecified atom stereocenters. The molecule has 0 aromatic rings. The molecule has 2 atom stereocenters. The maximum absolute atomic E-state index is 10.6. The summed E-state index contributed by atoms with van der Waals surface area (Å²) < 4.78 is 0. The summed E-state index contributed by atoms with van der Waals surface area (Å²) in [6.07, 6.45) is 1.42. The SMILES string of the molecule is CC(C)CC1CN(CC(=O)O)CCC1O. The Morgan fingerprint density at radius 3 is 2.73 bits per heavy atom. The molecule has 1 heterocycles. The van der Waals surface area contributed by atoms with Crippen LogP contribution in [0.1, 0.15) is 26.7 Å². The number of hydrogen-bond donors (Lipinski definition) is 2. The van der Waals surface area contributed by atoms with Gasteiger partial charge in [-0.3, -0.25) is 9.69 Å². The van der Waals surface area contributed by atoms with E-state index in [2.05, 4.69) is 13.8 Å². The molecule has 0 aromatic heterocycles. The van der Waals surface area contributed by atoms with Crippen molar-refractivity contribution in [3.8, 4) is 0 Å². The first-order valence-electron chi connectivity index (χ1n) is 5.61. The first kappa shape index (κ1) is 12.5. The smallest absolute Gasteiger partial charge is 0.317 e. The van der Waals surface area contributed by atoms with Crippen LogP contribution in [0.5, 0.6) is 0 Å². The van der Waals surface area contributed by atoms with Crippen LogP contribution in [0, 0.1) is 11.8 Å². The monoisotopic (exact) mass is 215 g/mol. The Bertz CT molecular complexity index is 218. The van der Waals surface area contributed by atoms with Gasteiger partial charge in [0.1, 0.15) is 0 Å². The lowest BCUT2D eigenvalue weighted by Gasteiger charge is -2.36. The molecule has 0 radical (unpaired) electrons. The van der Waals surface area contributed by atoms with Gasteiger partial charge in [0.15, 0.2) is 0 Å². The summed E-state index contributed by atoms with van der Waals surface area (Å²) in [6, 6.07) is 0. The molecule has 2 N–H and O–H groups in total. The highest BCUT2D eigenvalue weighted by molar-refractivity contribution is 5.69. The van der Waals surface area contributed by atoms with Crippen LogP contribution in [0.2, 0.25) is 0 Å². The minimum absolute atomic E-state index is 0.0985. The van der Waals surface area contributed by atoms with Gasteiger partial charge in [0, 0.05) is 13.1 Å². The van der Waals surface area contributed by atoms with Gasteiger partial charge >= 0.3 is 5.97 Å². The number of aliphatic hydroxyl groups excluding tert-OH is 1. The van der Waals surface area contributed by atoms with Gasteiger partial charge in [-0.05, 0) is 24.7 Å². The minimum atomic E-state index is -0.783. The third-order valence-corrected chi connectivity index (χ3v) is 2.91. The number of hydrogen-bond acceptors (Lipinski definition) is 3. The number of piperidine rings is 1. The van der Waals surface area contributed by atoms with Crippen LogP contribution in [0.3, 0.4) is 0 Å². The molecule has 15 heavy (non-hydrogen) atoms. The molecule has 1 fully saturated rings. The lowest BCUT2D eigenvalue weighted by Crippen LogP contribution is -2.45. The van der Waals surface area contributed by atoms with Crippen LogP contribution in [0.15, 0.2) is 0 Å². The maximum atomic E-state index is 10.6. The number of nitrogens with zero attached hydrogens (tertiary/aromatic N) is 1. The highest BCUT2D eigenvalue weighted by Crippen LogP contribution is 2.23. The fourth-order valence-corrected chi connectivity index (χ4v) is 2.27. The minimum Gasteiger partial charge on any atom is -0.480 e. The maximum Gasteiger partial charge on any atom is 0.317 e. The van der Waals surface area contributed by atoms with E-state index in [-0.39, 0.29) is 18.6 Å². The largest absolute Gasteiger partial charge is 0.480 e. The van der Waals surface area contributed by atoms with Crippen molar-refractivity contribution in [2.75, 3.05) is 19.6 Å². The van der Waals surface area contributed by atoms with Gasteiger partial charge in [0.05, 0.1) is 12.6 Å². The molecule has 0 amide bonds. The van der Waals surface area contributed by atoms with E-state index in [1.165, 1.54) is 0 Å². The fraction of sp³-hybridized carbons (Fsp3) is 0.909.